The molecule has 0 amide bonds. The van der Waals surface area contributed by atoms with Crippen molar-refractivity contribution in [2.75, 3.05) is 0 Å². The molecule has 0 radical (unpaired) electrons. The number of non-ortho nitro benzene ring substituents is 1. The summed E-state index contributed by atoms with van der Waals surface area (Å²) in [6.07, 6.45) is 0. The molecule has 0 saturated carbocycles. The largest absolute Gasteiger partial charge is 0.480 e. The molecule has 0 saturated heterocycles. The molecule has 0 aliphatic heterocycles. The van der Waals surface area contributed by atoms with Gasteiger partial charge in [0, 0.05) is 18.7 Å². The summed E-state index contributed by atoms with van der Waals surface area (Å²) < 4.78 is 0. The highest BCUT2D eigenvalue weighted by Crippen LogP contribution is 2.22. The van der Waals surface area contributed by atoms with E-state index in [1.54, 1.807) is 0 Å². The number of carbonyl (C=O) groups is 1. The van der Waals surface area contributed by atoms with Crippen LogP contribution in [0.2, 0.25) is 5.02 Å². The molecular formula is C10H11ClN2O4. The molecule has 7 heteroatoms. The average Bonchev–Trinajstić information content (AvgIpc) is 2.26. The van der Waals surface area contributed by atoms with Crippen molar-refractivity contribution in [1.82, 2.24) is 5.32 Å². The van der Waals surface area contributed by atoms with Crippen LogP contribution in [0.25, 0.3) is 0 Å². The SMILES string of the molecule is CC(NCc1ccc([N+](=O)[O-])cc1Cl)C(=O)O. The molecule has 0 bridgehead atoms. The summed E-state index contributed by atoms with van der Waals surface area (Å²) in [6, 6.07) is 3.36. The van der Waals surface area contributed by atoms with Gasteiger partial charge in [-0.2, -0.15) is 0 Å². The Balaban J connectivity index is 2.73. The second-order valence-electron chi connectivity index (χ2n) is 3.47. The minimum absolute atomic E-state index is 0.0926. The Labute approximate surface area is 102 Å². The lowest BCUT2D eigenvalue weighted by Gasteiger charge is -2.09. The fourth-order valence-corrected chi connectivity index (χ4v) is 1.39. The van der Waals surface area contributed by atoms with Crippen LogP contribution in [-0.2, 0) is 11.3 Å². The maximum Gasteiger partial charge on any atom is 0.320 e. The van der Waals surface area contributed by atoms with Crippen LogP contribution in [0.1, 0.15) is 12.5 Å². The number of nitrogens with one attached hydrogen (secondary N) is 1. The van der Waals surface area contributed by atoms with Crippen molar-refractivity contribution >= 4 is 23.3 Å². The van der Waals surface area contributed by atoms with Crippen molar-refractivity contribution in [3.05, 3.63) is 38.9 Å². The van der Waals surface area contributed by atoms with Crippen LogP contribution in [0.5, 0.6) is 0 Å². The summed E-state index contributed by atoms with van der Waals surface area (Å²) in [5.41, 5.74) is 0.524. The van der Waals surface area contributed by atoms with Gasteiger partial charge in [0.25, 0.3) is 5.69 Å². The van der Waals surface area contributed by atoms with E-state index in [-0.39, 0.29) is 17.3 Å². The molecular weight excluding hydrogens is 248 g/mol. The Hall–Kier alpha value is -1.66. The van der Waals surface area contributed by atoms with Gasteiger partial charge in [0.2, 0.25) is 0 Å². The van der Waals surface area contributed by atoms with E-state index in [4.69, 9.17) is 16.7 Å². The highest BCUT2D eigenvalue weighted by molar-refractivity contribution is 6.31. The first-order valence-electron chi connectivity index (χ1n) is 4.81. The van der Waals surface area contributed by atoms with Crippen molar-refractivity contribution in [2.45, 2.75) is 19.5 Å². The van der Waals surface area contributed by atoms with Crippen LogP contribution in [0.4, 0.5) is 5.69 Å². The number of hydrogen-bond acceptors (Lipinski definition) is 4. The number of hydrogen-bond donors (Lipinski definition) is 2. The Bertz CT molecular complexity index is 450. The summed E-state index contributed by atoms with van der Waals surface area (Å²) in [6.45, 7) is 1.74. The number of aliphatic carboxylic acids is 1. The molecule has 1 rings (SSSR count). The highest BCUT2D eigenvalue weighted by Gasteiger charge is 2.12. The van der Waals surface area contributed by atoms with Crippen molar-refractivity contribution < 1.29 is 14.8 Å². The van der Waals surface area contributed by atoms with Crippen LogP contribution < -0.4 is 5.32 Å². The van der Waals surface area contributed by atoms with Gasteiger partial charge in [-0.1, -0.05) is 11.6 Å². The zero-order valence-corrected chi connectivity index (χ0v) is 9.77. The summed E-state index contributed by atoms with van der Waals surface area (Å²) in [4.78, 5) is 20.5. The van der Waals surface area contributed by atoms with Crippen LogP contribution in [0, 0.1) is 10.1 Å². The molecule has 1 unspecified atom stereocenters. The molecule has 0 spiro atoms. The molecule has 1 atom stereocenters. The normalized spacial score (nSPS) is 12.1. The quantitative estimate of drug-likeness (QED) is 0.621. The third-order valence-corrected chi connectivity index (χ3v) is 2.57. The first-order chi connectivity index (χ1) is 7.91. The number of rotatable bonds is 5. The fourth-order valence-electron chi connectivity index (χ4n) is 1.14. The first-order valence-corrected chi connectivity index (χ1v) is 5.18. The molecule has 2 N–H and O–H groups in total. The van der Waals surface area contributed by atoms with Gasteiger partial charge in [-0.25, -0.2) is 0 Å². The Morgan fingerprint density at radius 1 is 1.65 bits per heavy atom. The summed E-state index contributed by atoms with van der Waals surface area (Å²) >= 11 is 5.84. The number of benzene rings is 1. The van der Waals surface area contributed by atoms with Crippen LogP contribution in [0.3, 0.4) is 0 Å². The molecule has 1 aromatic carbocycles. The minimum atomic E-state index is -0.969. The second kappa shape index (κ2) is 5.60. The van der Waals surface area contributed by atoms with Crippen LogP contribution in [-0.4, -0.2) is 22.0 Å². The zero-order valence-electron chi connectivity index (χ0n) is 9.01. The molecule has 0 fully saturated rings. The van der Waals surface area contributed by atoms with Crippen molar-refractivity contribution in [1.29, 1.82) is 0 Å². The van der Waals surface area contributed by atoms with Crippen molar-refractivity contribution in [3.8, 4) is 0 Å². The fraction of sp³-hybridized carbons (Fsp3) is 0.300. The zero-order chi connectivity index (χ0) is 13.0. The smallest absolute Gasteiger partial charge is 0.320 e. The lowest BCUT2D eigenvalue weighted by atomic mass is 10.2. The first kappa shape index (κ1) is 13.4. The van der Waals surface area contributed by atoms with E-state index in [1.165, 1.54) is 25.1 Å². The number of nitrogens with zero attached hydrogens (tertiary/aromatic N) is 1. The Kier molecular flexibility index (Phi) is 4.42. The van der Waals surface area contributed by atoms with Crippen LogP contribution >= 0.6 is 11.6 Å². The number of carboxylic acids is 1. The van der Waals surface area contributed by atoms with Crippen molar-refractivity contribution in [3.63, 3.8) is 0 Å². The lowest BCUT2D eigenvalue weighted by Crippen LogP contribution is -2.33. The number of halogens is 1. The van der Waals surface area contributed by atoms with E-state index >= 15 is 0 Å². The summed E-state index contributed by atoms with van der Waals surface area (Å²) in [7, 11) is 0. The monoisotopic (exact) mass is 258 g/mol. The van der Waals surface area contributed by atoms with Gasteiger partial charge in [-0.3, -0.25) is 14.9 Å². The molecule has 0 aliphatic rings. The van der Waals surface area contributed by atoms with Gasteiger partial charge in [-0.05, 0) is 18.6 Å². The van der Waals surface area contributed by atoms with Gasteiger partial charge >= 0.3 is 5.97 Å². The standard InChI is InChI=1S/C10H11ClN2O4/c1-6(10(14)15)12-5-7-2-3-8(13(16)17)4-9(7)11/h2-4,6,12H,5H2,1H3,(H,14,15). The summed E-state index contributed by atoms with van der Waals surface area (Å²) in [5.74, 6) is -0.969. The third kappa shape index (κ3) is 3.69. The van der Waals surface area contributed by atoms with Gasteiger partial charge in [0.15, 0.2) is 0 Å². The topological polar surface area (TPSA) is 92.5 Å². The van der Waals surface area contributed by atoms with E-state index in [0.29, 0.717) is 5.56 Å². The molecule has 0 heterocycles. The van der Waals surface area contributed by atoms with E-state index < -0.39 is 16.9 Å². The number of nitro groups is 1. The number of carboxylic acid groups (broad SMARTS) is 1. The maximum atomic E-state index is 10.6. The van der Waals surface area contributed by atoms with Gasteiger partial charge < -0.3 is 10.4 Å². The van der Waals surface area contributed by atoms with Gasteiger partial charge in [-0.15, -0.1) is 0 Å². The molecule has 0 aromatic heterocycles. The summed E-state index contributed by atoms with van der Waals surface area (Å²) in [5, 5.41) is 22.1. The molecule has 92 valence electrons. The molecule has 0 aliphatic carbocycles. The van der Waals surface area contributed by atoms with Gasteiger partial charge in [0.05, 0.1) is 9.95 Å². The Morgan fingerprint density at radius 2 is 2.29 bits per heavy atom. The Morgan fingerprint density at radius 3 is 2.76 bits per heavy atom. The second-order valence-corrected chi connectivity index (χ2v) is 3.88. The van der Waals surface area contributed by atoms with Crippen molar-refractivity contribution in [2.24, 2.45) is 0 Å². The van der Waals surface area contributed by atoms with Gasteiger partial charge in [0.1, 0.15) is 6.04 Å². The predicted octanol–water partition coefficient (Wildman–Crippen LogP) is 1.81. The lowest BCUT2D eigenvalue weighted by molar-refractivity contribution is -0.384. The van der Waals surface area contributed by atoms with Crippen LogP contribution in [0.15, 0.2) is 18.2 Å². The van der Waals surface area contributed by atoms with E-state index in [1.807, 2.05) is 0 Å². The van der Waals surface area contributed by atoms with E-state index in [2.05, 4.69) is 5.32 Å². The van der Waals surface area contributed by atoms with E-state index in [0.717, 1.165) is 0 Å². The average molecular weight is 259 g/mol. The highest BCUT2D eigenvalue weighted by atomic mass is 35.5. The maximum absolute atomic E-state index is 10.6. The molecule has 1 aromatic rings. The van der Waals surface area contributed by atoms with E-state index in [9.17, 15) is 14.9 Å². The number of nitro benzene ring substituents is 1. The molecule has 6 nitrogen and oxygen atoms in total. The molecule has 17 heavy (non-hydrogen) atoms. The minimum Gasteiger partial charge on any atom is -0.480 e. The third-order valence-electron chi connectivity index (χ3n) is 2.22. The predicted molar refractivity (Wildman–Crippen MR) is 62.0 cm³/mol.